The summed E-state index contributed by atoms with van der Waals surface area (Å²) in [7, 11) is 1.63. The highest BCUT2D eigenvalue weighted by molar-refractivity contribution is 6.30. The fraction of sp³-hybridized carbons (Fsp3) is 0.200. The highest BCUT2D eigenvalue weighted by Gasteiger charge is 2.29. The van der Waals surface area contributed by atoms with Gasteiger partial charge in [0, 0.05) is 28.0 Å². The molecule has 0 amide bonds. The van der Waals surface area contributed by atoms with E-state index in [1.807, 2.05) is 48.0 Å². The predicted octanol–water partition coefficient (Wildman–Crippen LogP) is 5.21. The molecule has 3 aromatic rings. The molecule has 128 valence electrons. The van der Waals surface area contributed by atoms with Gasteiger partial charge < -0.3 is 14.0 Å². The molecule has 1 aromatic heterocycles. The molecule has 0 N–H and O–H groups in total. The van der Waals surface area contributed by atoms with E-state index >= 15 is 0 Å². The highest BCUT2D eigenvalue weighted by atomic mass is 35.5. The Morgan fingerprint density at radius 2 is 2.04 bits per heavy atom. The summed E-state index contributed by atoms with van der Waals surface area (Å²) in [4.78, 5) is 0. The first kappa shape index (κ1) is 16.2. The molecule has 1 unspecified atom stereocenters. The van der Waals surface area contributed by atoms with E-state index in [0.717, 1.165) is 22.6 Å². The number of rotatable bonds is 2. The summed E-state index contributed by atoms with van der Waals surface area (Å²) in [6.07, 6.45) is 1.36. The molecule has 2 aromatic carbocycles. The van der Waals surface area contributed by atoms with E-state index in [1.54, 1.807) is 13.2 Å². The van der Waals surface area contributed by atoms with Gasteiger partial charge in [0.05, 0.1) is 19.4 Å². The monoisotopic (exact) mass is 357 g/mol. The number of fused-ring (bicyclic) bond motifs is 3. The van der Waals surface area contributed by atoms with Crippen molar-refractivity contribution in [2.75, 3.05) is 7.11 Å². The van der Waals surface area contributed by atoms with Crippen molar-refractivity contribution in [2.24, 2.45) is 0 Å². The summed E-state index contributed by atoms with van der Waals surface area (Å²) >= 11 is 6.16. The number of halogens is 2. The standard InChI is InChI=1S/C20H17ClFNO2/c1-12-5-3-7-15(19(12)24-2)20-16-9-13(21)10-17(22)18(16)23-8-4-6-14(23)11-25-20/h3-10,20H,11H2,1-2H3. The first-order valence-corrected chi connectivity index (χ1v) is 8.38. The minimum atomic E-state index is -0.474. The third-order valence-electron chi connectivity index (χ3n) is 4.54. The number of methoxy groups -OCH3 is 1. The second-order valence-electron chi connectivity index (χ2n) is 6.08. The van der Waals surface area contributed by atoms with Crippen LogP contribution in [0.3, 0.4) is 0 Å². The zero-order valence-corrected chi connectivity index (χ0v) is 14.7. The van der Waals surface area contributed by atoms with Gasteiger partial charge in [-0.25, -0.2) is 4.39 Å². The van der Waals surface area contributed by atoms with Crippen molar-refractivity contribution in [3.05, 3.63) is 81.9 Å². The Kier molecular flexibility index (Phi) is 4.02. The van der Waals surface area contributed by atoms with Gasteiger partial charge in [-0.15, -0.1) is 0 Å². The lowest BCUT2D eigenvalue weighted by Gasteiger charge is -2.22. The third-order valence-corrected chi connectivity index (χ3v) is 4.76. The normalized spacial score (nSPS) is 16.1. The van der Waals surface area contributed by atoms with Crippen LogP contribution in [0, 0.1) is 12.7 Å². The first-order valence-electron chi connectivity index (χ1n) is 8.01. The Balaban J connectivity index is 1.99. The van der Waals surface area contributed by atoms with Crippen molar-refractivity contribution in [3.63, 3.8) is 0 Å². The van der Waals surface area contributed by atoms with Crippen molar-refractivity contribution in [1.82, 2.24) is 4.57 Å². The molecule has 0 bridgehead atoms. The maximum absolute atomic E-state index is 14.8. The van der Waals surface area contributed by atoms with Gasteiger partial charge in [0.1, 0.15) is 17.7 Å². The van der Waals surface area contributed by atoms with Crippen molar-refractivity contribution < 1.29 is 13.9 Å². The number of para-hydroxylation sites is 1. The van der Waals surface area contributed by atoms with Gasteiger partial charge in [-0.3, -0.25) is 0 Å². The van der Waals surface area contributed by atoms with Crippen molar-refractivity contribution in [3.8, 4) is 11.4 Å². The summed E-state index contributed by atoms with van der Waals surface area (Å²) in [6, 6.07) is 12.8. The summed E-state index contributed by atoms with van der Waals surface area (Å²) in [5.74, 6) is 0.368. The van der Waals surface area contributed by atoms with Crippen molar-refractivity contribution >= 4 is 11.6 Å². The van der Waals surface area contributed by atoms with Crippen LogP contribution in [0.1, 0.15) is 28.5 Å². The molecule has 1 aliphatic rings. The maximum Gasteiger partial charge on any atom is 0.149 e. The molecule has 0 fully saturated rings. The highest BCUT2D eigenvalue weighted by Crippen LogP contribution is 2.41. The molecule has 4 rings (SSSR count). The topological polar surface area (TPSA) is 23.4 Å². The Labute approximate surface area is 150 Å². The minimum Gasteiger partial charge on any atom is -0.496 e. The molecule has 1 aliphatic heterocycles. The number of ether oxygens (including phenoxy) is 2. The number of aryl methyl sites for hydroxylation is 1. The lowest BCUT2D eigenvalue weighted by Crippen LogP contribution is -2.09. The van der Waals surface area contributed by atoms with Crippen molar-refractivity contribution in [2.45, 2.75) is 19.6 Å². The van der Waals surface area contributed by atoms with Gasteiger partial charge in [-0.05, 0) is 36.8 Å². The number of nitrogens with zero attached hydrogens (tertiary/aromatic N) is 1. The SMILES string of the molecule is COc1c(C)cccc1C1OCc2cccn2-c2c(F)cc(Cl)cc21. The van der Waals surface area contributed by atoms with Crippen LogP contribution in [0.15, 0.2) is 48.7 Å². The molecule has 1 atom stereocenters. The molecule has 0 spiro atoms. The Morgan fingerprint density at radius 3 is 2.84 bits per heavy atom. The summed E-state index contributed by atoms with van der Waals surface area (Å²) in [5, 5.41) is 0.340. The molecule has 0 aliphatic carbocycles. The summed E-state index contributed by atoms with van der Waals surface area (Å²) in [5.41, 5.74) is 3.89. The van der Waals surface area contributed by atoms with E-state index in [9.17, 15) is 4.39 Å². The Hall–Kier alpha value is -2.30. The number of hydrogen-bond acceptors (Lipinski definition) is 2. The predicted molar refractivity (Wildman–Crippen MR) is 95.1 cm³/mol. The Morgan fingerprint density at radius 1 is 1.20 bits per heavy atom. The van der Waals surface area contributed by atoms with Crippen LogP contribution in [0.2, 0.25) is 5.02 Å². The average molecular weight is 358 g/mol. The van der Waals surface area contributed by atoms with E-state index in [4.69, 9.17) is 21.1 Å². The largest absolute Gasteiger partial charge is 0.496 e. The Bertz CT molecular complexity index is 951. The number of benzene rings is 2. The third kappa shape index (κ3) is 2.62. The van der Waals surface area contributed by atoms with Crippen LogP contribution in [0.4, 0.5) is 4.39 Å². The lowest BCUT2D eigenvalue weighted by molar-refractivity contribution is 0.0661. The van der Waals surface area contributed by atoms with Crippen LogP contribution in [0.5, 0.6) is 5.75 Å². The van der Waals surface area contributed by atoms with Crippen LogP contribution in [-0.4, -0.2) is 11.7 Å². The molecule has 25 heavy (non-hydrogen) atoms. The van der Waals surface area contributed by atoms with Crippen LogP contribution in [0.25, 0.3) is 5.69 Å². The minimum absolute atomic E-state index is 0.340. The maximum atomic E-state index is 14.8. The average Bonchev–Trinajstić information content (AvgIpc) is 2.97. The molecule has 5 heteroatoms. The molecular formula is C20H17ClFNO2. The lowest BCUT2D eigenvalue weighted by atomic mass is 9.96. The molecule has 0 radical (unpaired) electrons. The van der Waals surface area contributed by atoms with Crippen LogP contribution >= 0.6 is 11.6 Å². The van der Waals surface area contributed by atoms with Crippen LogP contribution in [-0.2, 0) is 11.3 Å². The molecule has 0 saturated carbocycles. The summed E-state index contributed by atoms with van der Waals surface area (Å²) in [6.45, 7) is 2.34. The van der Waals surface area contributed by atoms with Gasteiger partial charge in [0.25, 0.3) is 0 Å². The number of hydrogen-bond donors (Lipinski definition) is 0. The van der Waals surface area contributed by atoms with E-state index in [0.29, 0.717) is 22.9 Å². The second-order valence-corrected chi connectivity index (χ2v) is 6.52. The van der Waals surface area contributed by atoms with Crippen LogP contribution < -0.4 is 4.74 Å². The summed E-state index contributed by atoms with van der Waals surface area (Å²) < 4.78 is 28.4. The fourth-order valence-electron chi connectivity index (χ4n) is 3.47. The zero-order valence-electron chi connectivity index (χ0n) is 13.9. The fourth-order valence-corrected chi connectivity index (χ4v) is 3.68. The quantitative estimate of drug-likeness (QED) is 0.628. The number of aromatic nitrogens is 1. The van der Waals surface area contributed by atoms with Gasteiger partial charge in [-0.1, -0.05) is 29.8 Å². The molecule has 2 heterocycles. The molecule has 3 nitrogen and oxygen atoms in total. The van der Waals surface area contributed by atoms with Gasteiger partial charge in [0.15, 0.2) is 0 Å². The molecule has 0 saturated heterocycles. The first-order chi connectivity index (χ1) is 12.1. The van der Waals surface area contributed by atoms with E-state index in [-0.39, 0.29) is 5.82 Å². The van der Waals surface area contributed by atoms with Gasteiger partial charge in [0.2, 0.25) is 0 Å². The second kappa shape index (κ2) is 6.21. The van der Waals surface area contributed by atoms with E-state index < -0.39 is 6.10 Å². The van der Waals surface area contributed by atoms with Gasteiger partial charge >= 0.3 is 0 Å². The van der Waals surface area contributed by atoms with Gasteiger partial charge in [-0.2, -0.15) is 0 Å². The molecular weight excluding hydrogens is 341 g/mol. The van der Waals surface area contributed by atoms with E-state index in [2.05, 4.69) is 0 Å². The van der Waals surface area contributed by atoms with E-state index in [1.165, 1.54) is 6.07 Å². The smallest absolute Gasteiger partial charge is 0.149 e. The van der Waals surface area contributed by atoms with Crippen molar-refractivity contribution in [1.29, 1.82) is 0 Å². The zero-order chi connectivity index (χ0) is 17.6.